The van der Waals surface area contributed by atoms with E-state index in [9.17, 15) is 52.7 Å². The number of amides is 5. The Labute approximate surface area is 440 Å². The molecule has 422 valence electrons. The number of hydrogen-bond acceptors (Lipinski definition) is 18. The molecule has 0 bridgehead atoms. The van der Waals surface area contributed by atoms with Crippen LogP contribution in [0.2, 0.25) is 0 Å². The minimum absolute atomic E-state index is 0.181. The van der Waals surface area contributed by atoms with Gasteiger partial charge in [-0.15, -0.1) is 0 Å². The highest BCUT2D eigenvalue weighted by molar-refractivity contribution is 5.96. The molecule has 0 spiro atoms. The van der Waals surface area contributed by atoms with Crippen LogP contribution in [0.1, 0.15) is 162 Å². The van der Waals surface area contributed by atoms with E-state index in [4.69, 9.17) is 33.2 Å². The zero-order valence-corrected chi connectivity index (χ0v) is 46.9. The van der Waals surface area contributed by atoms with Gasteiger partial charge in [-0.1, -0.05) is 30.3 Å². The Hall–Kier alpha value is -6.81. The first-order valence-electron chi connectivity index (χ1n) is 24.4. The number of carbonyl (C=O) groups is 11. The van der Waals surface area contributed by atoms with Gasteiger partial charge < -0.3 is 59.7 Å². The molecule has 1 aromatic carbocycles. The Morgan fingerprint density at radius 1 is 0.347 bits per heavy atom. The van der Waals surface area contributed by atoms with Gasteiger partial charge in [-0.25, -0.2) is 28.8 Å². The monoisotopic (exact) mass is 1060 g/mol. The van der Waals surface area contributed by atoms with Crippen molar-refractivity contribution < 1.29 is 85.9 Å². The normalized spacial score (nSPS) is 14.1. The van der Waals surface area contributed by atoms with E-state index in [-0.39, 0.29) is 6.61 Å². The molecule has 0 aliphatic heterocycles. The topological polar surface area (TPSA) is 313 Å². The van der Waals surface area contributed by atoms with Gasteiger partial charge in [0.25, 0.3) is 0 Å². The first kappa shape index (κ1) is 66.2. The van der Waals surface area contributed by atoms with Crippen LogP contribution in [0.4, 0.5) is 4.79 Å². The van der Waals surface area contributed by atoms with Crippen molar-refractivity contribution in [1.82, 2.24) is 26.6 Å². The molecule has 0 radical (unpaired) electrons. The van der Waals surface area contributed by atoms with Crippen molar-refractivity contribution in [3.63, 3.8) is 0 Å². The Kier molecular flexibility index (Phi) is 24.4. The van der Waals surface area contributed by atoms with Gasteiger partial charge in [-0.3, -0.25) is 24.0 Å². The highest BCUT2D eigenvalue weighted by Crippen LogP contribution is 2.18. The molecule has 1 aromatic rings. The standard InChI is InChI=1S/C52H81N5O18/c1-47(2,3)70-40(62)28-35(45(67)75-52(16,17)18)56-38(60)26-33(43(65)73-50(10,11)12)54-36(58)24-31(41(63)71-48(4,5)6)53-37(59)25-32(42(64)72-49(7,8)9)55-39(61)27-34(44(66)74-51(13,14)15)57-46(68)69-29-30-22-20-19-21-23-30/h19-23,31-35H,24-29H2,1-18H3,(H,53,59)(H,54,58)(H,55,61)(H,56,60)(H,57,68)/t31-,32-,33-,34-,35-/m0/s1. The van der Waals surface area contributed by atoms with Crippen LogP contribution in [0.25, 0.3) is 0 Å². The molecule has 0 aliphatic rings. The maximum absolute atomic E-state index is 13.9. The second-order valence-corrected chi connectivity index (χ2v) is 23.5. The maximum atomic E-state index is 13.9. The number of hydrogen-bond donors (Lipinski definition) is 5. The van der Waals surface area contributed by atoms with Crippen molar-refractivity contribution >= 4 is 65.5 Å². The predicted octanol–water partition coefficient (Wildman–Crippen LogP) is 4.22. The number of rotatable bonds is 22. The Balaban J connectivity index is 3.53. The Morgan fingerprint density at radius 3 is 0.840 bits per heavy atom. The molecule has 23 nitrogen and oxygen atoms in total. The van der Waals surface area contributed by atoms with E-state index in [0.29, 0.717) is 5.56 Å². The third-order valence-corrected chi connectivity index (χ3v) is 8.65. The van der Waals surface area contributed by atoms with Gasteiger partial charge in [0.05, 0.1) is 32.1 Å². The molecular formula is C52H81N5O18. The molecule has 0 fully saturated rings. The van der Waals surface area contributed by atoms with Crippen LogP contribution in [0.3, 0.4) is 0 Å². The number of carbonyl (C=O) groups excluding carboxylic acids is 11. The molecule has 5 atom stereocenters. The van der Waals surface area contributed by atoms with Gasteiger partial charge >= 0.3 is 41.9 Å². The van der Waals surface area contributed by atoms with E-state index in [1.54, 1.807) is 92.6 Å². The SMILES string of the molecule is CC(C)(C)OC(=O)C[C@H](NC(=O)C[C@H](NC(=O)C[C@H](NC(=O)C[C@H](NC(=O)C[C@H](NC(=O)OCc1ccccc1)C(=O)OC(C)(C)C)C(=O)OC(C)(C)C)C(=O)OC(C)(C)C)C(=O)OC(C)(C)C)C(=O)OC(C)(C)C. The van der Waals surface area contributed by atoms with Crippen LogP contribution in [-0.4, -0.2) is 129 Å². The van der Waals surface area contributed by atoms with Gasteiger partial charge in [-0.2, -0.15) is 0 Å². The molecular weight excluding hydrogens is 983 g/mol. The van der Waals surface area contributed by atoms with Crippen molar-refractivity contribution in [1.29, 1.82) is 0 Å². The summed E-state index contributed by atoms with van der Waals surface area (Å²) in [4.78, 5) is 148. The molecule has 75 heavy (non-hydrogen) atoms. The summed E-state index contributed by atoms with van der Waals surface area (Å²) in [5.41, 5.74) is -5.93. The minimum atomic E-state index is -1.84. The summed E-state index contributed by atoms with van der Waals surface area (Å²) >= 11 is 0. The van der Waals surface area contributed by atoms with Crippen LogP contribution in [-0.2, 0) is 87.7 Å². The quantitative estimate of drug-likeness (QED) is 0.0802. The average Bonchev–Trinajstić information content (AvgIpc) is 3.18. The summed E-state index contributed by atoms with van der Waals surface area (Å²) in [6.07, 6.45) is -5.28. The number of alkyl carbamates (subject to hydrolysis) is 1. The summed E-state index contributed by atoms with van der Waals surface area (Å²) in [6.45, 7) is 27.6. The minimum Gasteiger partial charge on any atom is -0.460 e. The van der Waals surface area contributed by atoms with Crippen molar-refractivity contribution in [3.05, 3.63) is 35.9 Å². The second-order valence-electron chi connectivity index (χ2n) is 23.5. The summed E-state index contributed by atoms with van der Waals surface area (Å²) in [7, 11) is 0. The second kappa shape index (κ2) is 27.6. The lowest BCUT2D eigenvalue weighted by molar-refractivity contribution is -0.165. The average molecular weight is 1060 g/mol. The van der Waals surface area contributed by atoms with E-state index >= 15 is 0 Å². The molecule has 1 rings (SSSR count). The number of esters is 6. The van der Waals surface area contributed by atoms with Crippen LogP contribution in [0, 0.1) is 0 Å². The van der Waals surface area contributed by atoms with Crippen molar-refractivity contribution in [3.8, 4) is 0 Å². The molecule has 0 aromatic heterocycles. The predicted molar refractivity (Wildman–Crippen MR) is 269 cm³/mol. The molecule has 5 N–H and O–H groups in total. The fourth-order valence-corrected chi connectivity index (χ4v) is 6.04. The highest BCUT2D eigenvalue weighted by Gasteiger charge is 2.38. The van der Waals surface area contributed by atoms with Gasteiger partial charge in [0.2, 0.25) is 23.6 Å². The van der Waals surface area contributed by atoms with E-state index in [0.717, 1.165) is 0 Å². The fraction of sp³-hybridized carbons (Fsp3) is 0.673. The number of nitrogens with one attached hydrogen (secondary N) is 5. The van der Waals surface area contributed by atoms with Gasteiger partial charge in [-0.05, 0) is 130 Å². The Morgan fingerprint density at radius 2 is 0.587 bits per heavy atom. The summed E-state index contributed by atoms with van der Waals surface area (Å²) in [5, 5.41) is 11.7. The number of ether oxygens (including phenoxy) is 7. The van der Waals surface area contributed by atoms with Gasteiger partial charge in [0.15, 0.2) is 0 Å². The molecule has 0 saturated heterocycles. The molecule has 5 amide bonds. The van der Waals surface area contributed by atoms with Crippen molar-refractivity contribution in [2.75, 3.05) is 0 Å². The highest BCUT2D eigenvalue weighted by atomic mass is 16.6. The fourth-order valence-electron chi connectivity index (χ4n) is 6.04. The first-order chi connectivity index (χ1) is 33.9. The molecule has 0 heterocycles. The van der Waals surface area contributed by atoms with Crippen LogP contribution in [0.15, 0.2) is 30.3 Å². The maximum Gasteiger partial charge on any atom is 0.408 e. The number of benzene rings is 1. The third kappa shape index (κ3) is 30.9. The first-order valence-corrected chi connectivity index (χ1v) is 24.4. The molecule has 23 heteroatoms. The third-order valence-electron chi connectivity index (χ3n) is 8.65. The lowest BCUT2D eigenvalue weighted by Crippen LogP contribution is -2.53. The molecule has 0 unspecified atom stereocenters. The lowest BCUT2D eigenvalue weighted by Gasteiger charge is -2.28. The molecule has 0 saturated carbocycles. The van der Waals surface area contributed by atoms with E-state index in [1.165, 1.54) is 62.3 Å². The van der Waals surface area contributed by atoms with E-state index < -0.39 is 161 Å². The summed E-state index contributed by atoms with van der Waals surface area (Å²) in [5.74, 6) is -10.6. The summed E-state index contributed by atoms with van der Waals surface area (Å²) < 4.78 is 37.8. The van der Waals surface area contributed by atoms with Crippen LogP contribution in [0.5, 0.6) is 0 Å². The zero-order valence-electron chi connectivity index (χ0n) is 46.9. The van der Waals surface area contributed by atoms with Crippen LogP contribution >= 0.6 is 0 Å². The Bertz CT molecular complexity index is 2190. The van der Waals surface area contributed by atoms with Crippen LogP contribution < -0.4 is 26.6 Å². The summed E-state index contributed by atoms with van der Waals surface area (Å²) in [6, 6.07) is -0.0860. The largest absolute Gasteiger partial charge is 0.460 e. The van der Waals surface area contributed by atoms with Gasteiger partial charge in [0.1, 0.15) is 70.4 Å². The van der Waals surface area contributed by atoms with Crippen molar-refractivity contribution in [2.24, 2.45) is 0 Å². The molecule has 0 aliphatic carbocycles. The van der Waals surface area contributed by atoms with E-state index in [2.05, 4.69) is 26.6 Å². The smallest absolute Gasteiger partial charge is 0.408 e. The lowest BCUT2D eigenvalue weighted by atomic mass is 10.1. The van der Waals surface area contributed by atoms with Gasteiger partial charge in [0, 0.05) is 0 Å². The van der Waals surface area contributed by atoms with Crippen molar-refractivity contribution in [2.45, 2.75) is 227 Å². The zero-order chi connectivity index (χ0) is 58.1. The van der Waals surface area contributed by atoms with E-state index in [1.807, 2.05) is 0 Å².